The van der Waals surface area contributed by atoms with Crippen LogP contribution in [0.15, 0.2) is 192 Å². The maximum atomic E-state index is 6.17. The number of fused-ring (bicyclic) bond motifs is 13. The Morgan fingerprint density at radius 1 is 0.304 bits per heavy atom. The van der Waals surface area contributed by atoms with Crippen LogP contribution in [-0.4, -0.2) is 15.0 Å². The molecule has 1 spiro atoms. The predicted molar refractivity (Wildman–Crippen MR) is 225 cm³/mol. The average molecular weight is 714 g/mol. The Balaban J connectivity index is 1.07. The number of hydrogen-bond donors (Lipinski definition) is 0. The molecule has 0 radical (unpaired) electrons. The van der Waals surface area contributed by atoms with Crippen LogP contribution in [0.3, 0.4) is 0 Å². The van der Waals surface area contributed by atoms with Crippen LogP contribution in [0.25, 0.3) is 89.5 Å². The van der Waals surface area contributed by atoms with Gasteiger partial charge in [0.05, 0.1) is 5.41 Å². The molecule has 0 aliphatic heterocycles. The van der Waals surface area contributed by atoms with Crippen LogP contribution >= 0.6 is 0 Å². The molecule has 8 aromatic carbocycles. The molecule has 2 heterocycles. The highest BCUT2D eigenvalue weighted by Crippen LogP contribution is 2.63. The van der Waals surface area contributed by atoms with Crippen molar-refractivity contribution in [3.8, 4) is 67.5 Å². The zero-order valence-corrected chi connectivity index (χ0v) is 30.1. The first-order chi connectivity index (χ1) is 27.8. The third-order valence-electron chi connectivity index (χ3n) is 11.8. The van der Waals surface area contributed by atoms with E-state index in [-0.39, 0.29) is 0 Å². The smallest absolute Gasteiger partial charge is 0.164 e. The van der Waals surface area contributed by atoms with Crippen molar-refractivity contribution >= 4 is 21.9 Å². The summed E-state index contributed by atoms with van der Waals surface area (Å²) in [6, 6.07) is 66.8. The van der Waals surface area contributed by atoms with Crippen LogP contribution in [0.5, 0.6) is 0 Å². The zero-order chi connectivity index (χ0) is 36.8. The molecule has 4 nitrogen and oxygen atoms in total. The molecule has 0 amide bonds. The van der Waals surface area contributed by atoms with E-state index >= 15 is 0 Å². The number of rotatable bonds is 4. The largest absolute Gasteiger partial charge is 0.456 e. The number of furan rings is 1. The first-order valence-electron chi connectivity index (χ1n) is 19.0. The van der Waals surface area contributed by atoms with Gasteiger partial charge in [0.15, 0.2) is 17.5 Å². The lowest BCUT2D eigenvalue weighted by Crippen LogP contribution is -2.25. The summed E-state index contributed by atoms with van der Waals surface area (Å²) in [5.41, 5.74) is 16.6. The van der Waals surface area contributed by atoms with Gasteiger partial charge >= 0.3 is 0 Å². The zero-order valence-electron chi connectivity index (χ0n) is 30.1. The summed E-state index contributed by atoms with van der Waals surface area (Å²) in [5, 5.41) is 2.10. The van der Waals surface area contributed by atoms with Crippen molar-refractivity contribution in [3.63, 3.8) is 0 Å². The third kappa shape index (κ3) is 4.32. The van der Waals surface area contributed by atoms with Crippen LogP contribution in [-0.2, 0) is 5.41 Å². The average Bonchev–Trinajstić information content (AvgIpc) is 3.90. The first kappa shape index (κ1) is 31.0. The quantitative estimate of drug-likeness (QED) is 0.182. The van der Waals surface area contributed by atoms with Crippen molar-refractivity contribution in [1.29, 1.82) is 0 Å². The molecule has 56 heavy (non-hydrogen) atoms. The summed E-state index contributed by atoms with van der Waals surface area (Å²) in [5.74, 6) is 1.86. The summed E-state index contributed by atoms with van der Waals surface area (Å²) in [6.07, 6.45) is 0. The Morgan fingerprint density at radius 3 is 1.50 bits per heavy atom. The Kier molecular flexibility index (Phi) is 6.52. The summed E-state index contributed by atoms with van der Waals surface area (Å²) < 4.78 is 6.17. The highest BCUT2D eigenvalue weighted by Gasteiger charge is 2.51. The molecule has 0 fully saturated rings. The number of para-hydroxylation sites is 1. The molecule has 2 aliphatic carbocycles. The lowest BCUT2D eigenvalue weighted by atomic mass is 9.70. The van der Waals surface area contributed by atoms with E-state index < -0.39 is 5.41 Å². The van der Waals surface area contributed by atoms with Crippen molar-refractivity contribution < 1.29 is 4.42 Å². The molecular weight excluding hydrogens is 683 g/mol. The van der Waals surface area contributed by atoms with Gasteiger partial charge in [-0.25, -0.2) is 15.0 Å². The summed E-state index contributed by atoms with van der Waals surface area (Å²) >= 11 is 0. The normalized spacial score (nSPS) is 13.1. The van der Waals surface area contributed by atoms with Crippen LogP contribution in [0, 0.1) is 0 Å². The van der Waals surface area contributed by atoms with Gasteiger partial charge in [0.1, 0.15) is 11.2 Å². The second-order valence-corrected chi connectivity index (χ2v) is 14.7. The third-order valence-corrected chi connectivity index (χ3v) is 11.8. The monoisotopic (exact) mass is 713 g/mol. The Labute approximate surface area is 323 Å². The van der Waals surface area contributed by atoms with Crippen LogP contribution in [0.4, 0.5) is 0 Å². The standard InChI is InChI=1S/C52H31N3O/c1-2-14-32(15-3-1)49-53-50(34-27-29-48-42(30-34)40-20-9-13-25-47(40)56-48)55-51(54-49)41-21-5-4-16-35(41)33-26-28-39-38-19-8-12-24-45(38)52(46(39)31-33)43-22-10-6-17-36(43)37-18-7-11-23-44(37)52/h1-31H. The lowest BCUT2D eigenvalue weighted by molar-refractivity contribution is 0.669. The molecule has 12 rings (SSSR count). The molecule has 260 valence electrons. The van der Waals surface area contributed by atoms with Crippen molar-refractivity contribution in [3.05, 3.63) is 210 Å². The Morgan fingerprint density at radius 2 is 0.804 bits per heavy atom. The van der Waals surface area contributed by atoms with Gasteiger partial charge in [-0.15, -0.1) is 0 Å². The topological polar surface area (TPSA) is 51.8 Å². The van der Waals surface area contributed by atoms with E-state index in [4.69, 9.17) is 19.4 Å². The molecule has 0 saturated heterocycles. The number of hydrogen-bond acceptors (Lipinski definition) is 4. The van der Waals surface area contributed by atoms with Gasteiger partial charge in [-0.05, 0) is 86.0 Å². The van der Waals surface area contributed by atoms with Crippen LogP contribution in [0.1, 0.15) is 22.3 Å². The van der Waals surface area contributed by atoms with E-state index in [1.54, 1.807) is 0 Å². The van der Waals surface area contributed by atoms with Gasteiger partial charge in [0.25, 0.3) is 0 Å². The molecule has 2 aliphatic rings. The molecule has 0 bridgehead atoms. The summed E-state index contributed by atoms with van der Waals surface area (Å²) in [6.45, 7) is 0. The van der Waals surface area contributed by atoms with Gasteiger partial charge < -0.3 is 4.42 Å². The second kappa shape index (κ2) is 11.8. The molecule has 0 unspecified atom stereocenters. The van der Waals surface area contributed by atoms with Crippen molar-refractivity contribution in [2.45, 2.75) is 5.41 Å². The molecule has 4 heteroatoms. The number of benzene rings is 8. The van der Waals surface area contributed by atoms with Gasteiger partial charge in [0, 0.05) is 27.5 Å². The number of aromatic nitrogens is 3. The highest BCUT2D eigenvalue weighted by atomic mass is 16.3. The van der Waals surface area contributed by atoms with Gasteiger partial charge in [-0.1, -0.05) is 158 Å². The first-order valence-corrected chi connectivity index (χ1v) is 19.0. The lowest BCUT2D eigenvalue weighted by Gasteiger charge is -2.30. The van der Waals surface area contributed by atoms with Crippen molar-refractivity contribution in [2.75, 3.05) is 0 Å². The minimum atomic E-state index is -0.430. The fourth-order valence-corrected chi connectivity index (χ4v) is 9.40. The van der Waals surface area contributed by atoms with Crippen molar-refractivity contribution in [2.24, 2.45) is 0 Å². The molecule has 0 atom stereocenters. The van der Waals surface area contributed by atoms with Crippen molar-refractivity contribution in [1.82, 2.24) is 15.0 Å². The van der Waals surface area contributed by atoms with Crippen LogP contribution in [0.2, 0.25) is 0 Å². The van der Waals surface area contributed by atoms with Crippen LogP contribution < -0.4 is 0 Å². The molecule has 0 saturated carbocycles. The SMILES string of the molecule is c1ccc(-c2nc(-c3ccc4oc5ccccc5c4c3)nc(-c3ccccc3-c3ccc4c(c3)C3(c5ccccc5-c5ccccc53)c3ccccc3-4)n2)cc1. The summed E-state index contributed by atoms with van der Waals surface area (Å²) in [7, 11) is 0. The second-order valence-electron chi connectivity index (χ2n) is 14.7. The molecule has 0 N–H and O–H groups in total. The van der Waals surface area contributed by atoms with E-state index in [9.17, 15) is 0 Å². The fourth-order valence-electron chi connectivity index (χ4n) is 9.40. The van der Waals surface area contributed by atoms with Gasteiger partial charge in [0.2, 0.25) is 0 Å². The van der Waals surface area contributed by atoms with E-state index in [1.807, 2.05) is 48.5 Å². The minimum Gasteiger partial charge on any atom is -0.456 e. The van der Waals surface area contributed by atoms with Gasteiger partial charge in [-0.3, -0.25) is 0 Å². The van der Waals surface area contributed by atoms with E-state index in [0.717, 1.165) is 49.8 Å². The predicted octanol–water partition coefficient (Wildman–Crippen LogP) is 12.8. The highest BCUT2D eigenvalue weighted by molar-refractivity contribution is 6.06. The van der Waals surface area contributed by atoms with Gasteiger partial charge in [-0.2, -0.15) is 0 Å². The van der Waals surface area contributed by atoms with E-state index in [2.05, 4.69) is 140 Å². The molecule has 2 aromatic heterocycles. The maximum absolute atomic E-state index is 6.17. The fraction of sp³-hybridized carbons (Fsp3) is 0.0192. The Hall–Kier alpha value is -7.43. The van der Waals surface area contributed by atoms with E-state index in [1.165, 1.54) is 44.5 Å². The maximum Gasteiger partial charge on any atom is 0.164 e. The summed E-state index contributed by atoms with van der Waals surface area (Å²) in [4.78, 5) is 15.5. The Bertz CT molecular complexity index is 3150. The molecule has 10 aromatic rings. The minimum absolute atomic E-state index is 0.430. The number of nitrogens with zero attached hydrogens (tertiary/aromatic N) is 3. The van der Waals surface area contributed by atoms with E-state index in [0.29, 0.717) is 17.5 Å². The molecular formula is C52H31N3O.